The Kier molecular flexibility index (Phi) is 8.46. The zero-order valence-corrected chi connectivity index (χ0v) is 23.9. The van der Waals surface area contributed by atoms with Gasteiger partial charge in [-0.15, -0.1) is 0 Å². The fraction of sp³-hybridized carbons (Fsp3) is 0.133. The molecule has 2 aliphatic rings. The van der Waals surface area contributed by atoms with E-state index in [1.807, 2.05) is 0 Å². The van der Waals surface area contributed by atoms with Crippen molar-refractivity contribution >= 4 is 45.2 Å². The van der Waals surface area contributed by atoms with Crippen LogP contribution in [-0.2, 0) is 14.7 Å². The van der Waals surface area contributed by atoms with Crippen molar-refractivity contribution in [2.45, 2.75) is 13.0 Å². The number of rotatable bonds is 7. The minimum Gasteiger partial charge on any atom is -0.724 e. The lowest BCUT2D eigenvalue weighted by Gasteiger charge is -2.24. The summed E-state index contributed by atoms with van der Waals surface area (Å²) in [5, 5.41) is 8.30. The number of amides is 2. The van der Waals surface area contributed by atoms with Crippen LogP contribution in [0, 0.1) is 0 Å². The number of hydrogen-bond donors (Lipinski definition) is 0. The van der Waals surface area contributed by atoms with Gasteiger partial charge in [-0.05, 0) is 48.9 Å². The third-order valence-corrected chi connectivity index (χ3v) is 11.3. The SMILES string of the molecule is CC=C[P+](c1ccccc1)(c1ccccc1)c1ccccc1.O=C1N2CC=C(c3cnoc3)C(C2)N1OS(=O)(=O)[O-]. The third kappa shape index (κ3) is 6.01. The Hall–Kier alpha value is -4.08. The van der Waals surface area contributed by atoms with Gasteiger partial charge in [0.2, 0.25) is 10.4 Å². The average Bonchev–Trinajstić information content (AvgIpc) is 3.61. The summed E-state index contributed by atoms with van der Waals surface area (Å²) in [6.45, 7) is 2.66. The predicted molar refractivity (Wildman–Crippen MR) is 158 cm³/mol. The fourth-order valence-corrected chi connectivity index (χ4v) is 9.26. The number of benzene rings is 3. The van der Waals surface area contributed by atoms with E-state index in [4.69, 9.17) is 4.52 Å². The van der Waals surface area contributed by atoms with Crippen molar-refractivity contribution in [2.75, 3.05) is 13.1 Å². The third-order valence-electron chi connectivity index (χ3n) is 6.83. The van der Waals surface area contributed by atoms with Crippen LogP contribution in [0.15, 0.2) is 126 Å². The Morgan fingerprint density at radius 2 is 1.49 bits per heavy atom. The van der Waals surface area contributed by atoms with Crippen molar-refractivity contribution < 1.29 is 26.6 Å². The van der Waals surface area contributed by atoms with E-state index in [1.165, 1.54) is 33.3 Å². The standard InChI is InChI=1S/C21H20P.C9H9N3O6S/c1-2-18-22(19-12-6-3-7-13-19,20-14-8-4-9-15-20)21-16-10-5-11-17-21;13-9-11-2-1-7(6-3-10-17-5-6)8(4-11)12(9)18-19(14,15)16/h2-18H,1H3;1,3,5,8H,2,4H2,(H,14,15,16)/q+1;/p-1. The highest BCUT2D eigenvalue weighted by molar-refractivity contribution is 7.98. The van der Waals surface area contributed by atoms with Crippen LogP contribution >= 0.6 is 7.26 Å². The van der Waals surface area contributed by atoms with Crippen molar-refractivity contribution in [1.29, 1.82) is 0 Å². The summed E-state index contributed by atoms with van der Waals surface area (Å²) in [5.74, 6) is 2.41. The van der Waals surface area contributed by atoms with E-state index in [-0.39, 0.29) is 6.54 Å². The highest BCUT2D eigenvalue weighted by Gasteiger charge is 2.45. The molecule has 0 aliphatic carbocycles. The minimum atomic E-state index is -5.01. The van der Waals surface area contributed by atoms with Gasteiger partial charge < -0.3 is 14.0 Å². The number of aromatic nitrogens is 1. The Balaban J connectivity index is 0.000000166. The van der Waals surface area contributed by atoms with Crippen LogP contribution in [0.2, 0.25) is 0 Å². The molecule has 0 saturated carbocycles. The molecule has 3 heterocycles. The zero-order chi connectivity index (χ0) is 28.9. The minimum absolute atomic E-state index is 0.241. The lowest BCUT2D eigenvalue weighted by molar-refractivity contribution is -0.0171. The van der Waals surface area contributed by atoms with Gasteiger partial charge in [-0.2, -0.15) is 9.35 Å². The number of carbonyl (C=O) groups is 1. The van der Waals surface area contributed by atoms with Crippen molar-refractivity contribution in [2.24, 2.45) is 0 Å². The Morgan fingerprint density at radius 3 is 1.93 bits per heavy atom. The van der Waals surface area contributed by atoms with Gasteiger partial charge in [-0.1, -0.05) is 71.9 Å². The van der Waals surface area contributed by atoms with Gasteiger partial charge in [0.05, 0.1) is 18.6 Å². The molecule has 11 heteroatoms. The van der Waals surface area contributed by atoms with E-state index in [9.17, 15) is 17.8 Å². The Morgan fingerprint density at radius 1 is 0.951 bits per heavy atom. The number of urea groups is 1. The van der Waals surface area contributed by atoms with Gasteiger partial charge >= 0.3 is 6.03 Å². The first-order chi connectivity index (χ1) is 19.8. The molecule has 2 aliphatic heterocycles. The monoisotopic (exact) mass is 589 g/mol. The van der Waals surface area contributed by atoms with E-state index in [1.54, 1.807) is 6.08 Å². The van der Waals surface area contributed by atoms with Crippen molar-refractivity contribution in [3.63, 3.8) is 0 Å². The van der Waals surface area contributed by atoms with Gasteiger partial charge in [-0.3, -0.25) is 0 Å². The largest absolute Gasteiger partial charge is 0.724 e. The fourth-order valence-electron chi connectivity index (χ4n) is 5.11. The molecule has 1 aromatic heterocycles. The van der Waals surface area contributed by atoms with E-state index in [0.29, 0.717) is 22.7 Å². The highest BCUT2D eigenvalue weighted by Crippen LogP contribution is 2.56. The molecule has 1 unspecified atom stereocenters. The summed E-state index contributed by atoms with van der Waals surface area (Å²) in [6.07, 6.45) is 6.74. The smallest absolute Gasteiger partial charge is 0.346 e. The summed E-state index contributed by atoms with van der Waals surface area (Å²) in [7, 11) is -6.74. The molecule has 2 amide bonds. The molecule has 4 aromatic rings. The molecule has 210 valence electrons. The molecule has 1 atom stereocenters. The summed E-state index contributed by atoms with van der Waals surface area (Å²) < 4.78 is 41.0. The second-order valence-electron chi connectivity index (χ2n) is 9.30. The first-order valence-electron chi connectivity index (χ1n) is 12.9. The van der Waals surface area contributed by atoms with E-state index in [0.717, 1.165) is 0 Å². The molecule has 1 fully saturated rings. The molecule has 0 spiro atoms. The topological polar surface area (TPSA) is 116 Å². The molecule has 9 nitrogen and oxygen atoms in total. The number of carbonyl (C=O) groups excluding carboxylic acids is 1. The lowest BCUT2D eigenvalue weighted by Crippen LogP contribution is -2.36. The van der Waals surface area contributed by atoms with Gasteiger partial charge in [0.1, 0.15) is 35.5 Å². The van der Waals surface area contributed by atoms with Crippen LogP contribution in [0.5, 0.6) is 0 Å². The van der Waals surface area contributed by atoms with Gasteiger partial charge in [0.15, 0.2) is 0 Å². The van der Waals surface area contributed by atoms with Gasteiger partial charge in [-0.25, -0.2) is 13.2 Å². The molecule has 1 saturated heterocycles. The molecule has 0 N–H and O–H groups in total. The van der Waals surface area contributed by atoms with E-state index >= 15 is 0 Å². The first kappa shape index (κ1) is 28.4. The molecular formula is C30H28N3O6PS. The summed E-state index contributed by atoms with van der Waals surface area (Å²) in [6, 6.07) is 31.3. The normalized spacial score (nSPS) is 16.9. The molecule has 3 aromatic carbocycles. The summed E-state index contributed by atoms with van der Waals surface area (Å²) in [5.41, 5.74) is 1.24. The van der Waals surface area contributed by atoms with E-state index in [2.05, 4.69) is 119 Å². The molecule has 6 rings (SSSR count). The van der Waals surface area contributed by atoms with E-state index < -0.39 is 29.7 Å². The number of hydroxylamine groups is 2. The maximum Gasteiger partial charge on any atom is 0.346 e. The lowest BCUT2D eigenvalue weighted by atomic mass is 9.99. The number of allylic oxidation sites excluding steroid dienone is 1. The van der Waals surface area contributed by atoms with Crippen LogP contribution in [-0.4, -0.2) is 53.3 Å². The molecule has 41 heavy (non-hydrogen) atoms. The van der Waals surface area contributed by atoms with Crippen LogP contribution < -0.4 is 15.9 Å². The van der Waals surface area contributed by atoms with Crippen molar-refractivity contribution in [1.82, 2.24) is 15.1 Å². The Bertz CT molecular complexity index is 1530. The first-order valence-corrected chi connectivity index (χ1v) is 16.1. The number of nitrogens with zero attached hydrogens (tertiary/aromatic N) is 3. The van der Waals surface area contributed by atoms with Crippen LogP contribution in [0.3, 0.4) is 0 Å². The van der Waals surface area contributed by atoms with Crippen LogP contribution in [0.25, 0.3) is 5.57 Å². The summed E-state index contributed by atoms with van der Waals surface area (Å²) in [4.78, 5) is 13.2. The van der Waals surface area contributed by atoms with Crippen LogP contribution in [0.4, 0.5) is 4.79 Å². The maximum absolute atomic E-state index is 11.8. The van der Waals surface area contributed by atoms with Gasteiger partial charge in [0.25, 0.3) is 0 Å². The van der Waals surface area contributed by atoms with Crippen molar-refractivity contribution in [3.05, 3.63) is 127 Å². The Labute approximate surface area is 239 Å². The zero-order valence-electron chi connectivity index (χ0n) is 22.2. The predicted octanol–water partition coefficient (Wildman–Crippen LogP) is 4.08. The second kappa shape index (κ2) is 12.2. The highest BCUT2D eigenvalue weighted by atomic mass is 32.3. The average molecular weight is 590 g/mol. The van der Waals surface area contributed by atoms with Crippen LogP contribution in [0.1, 0.15) is 12.5 Å². The molecular weight excluding hydrogens is 561 g/mol. The van der Waals surface area contributed by atoms with Crippen molar-refractivity contribution in [3.8, 4) is 0 Å². The number of hydrogen-bond acceptors (Lipinski definition) is 7. The second-order valence-corrected chi connectivity index (χ2v) is 13.6. The number of fused-ring (bicyclic) bond motifs is 2. The quantitative estimate of drug-likeness (QED) is 0.181. The maximum atomic E-state index is 11.8. The summed E-state index contributed by atoms with van der Waals surface area (Å²) >= 11 is 0. The molecule has 2 bridgehead atoms. The molecule has 0 radical (unpaired) electrons. The van der Waals surface area contributed by atoms with Gasteiger partial charge in [0, 0.05) is 12.1 Å².